The molecule has 1 amide bonds. The number of nitrogens with zero attached hydrogens (tertiary/aromatic N) is 2. The molecule has 4 rings (SSSR count). The molecule has 2 aromatic carbocycles. The van der Waals surface area contributed by atoms with E-state index in [1.807, 2.05) is 24.3 Å². The van der Waals surface area contributed by atoms with Crippen molar-refractivity contribution < 1.29 is 15.0 Å². The Morgan fingerprint density at radius 2 is 1.92 bits per heavy atom. The summed E-state index contributed by atoms with van der Waals surface area (Å²) in [5, 5.41) is 24.9. The molecular formula is C18H14N4O3. The number of phenolic OH excluding ortho intramolecular Hbond substituents is 2. The number of nitrogens with one attached hydrogen (secondary N) is 2. The van der Waals surface area contributed by atoms with Crippen LogP contribution in [0.4, 0.5) is 17.3 Å². The summed E-state index contributed by atoms with van der Waals surface area (Å²) in [6.07, 6.45) is 1.55. The van der Waals surface area contributed by atoms with Crippen molar-refractivity contribution >= 4 is 23.2 Å². The lowest BCUT2D eigenvalue weighted by molar-refractivity contribution is -0.116. The van der Waals surface area contributed by atoms with Crippen LogP contribution in [0.15, 0.2) is 54.7 Å². The zero-order valence-corrected chi connectivity index (χ0v) is 13.0. The van der Waals surface area contributed by atoms with Crippen LogP contribution in [-0.2, 0) is 4.79 Å². The first-order valence-electron chi connectivity index (χ1n) is 7.63. The number of hydrogen-bond acceptors (Lipinski definition) is 6. The number of aromatic hydroxyl groups is 2. The smallest absolute Gasteiger partial charge is 0.238 e. The van der Waals surface area contributed by atoms with E-state index in [1.165, 1.54) is 18.2 Å². The second-order valence-electron chi connectivity index (χ2n) is 5.64. The summed E-state index contributed by atoms with van der Waals surface area (Å²) in [6.45, 7) is 0. The fraction of sp³-hybridized carbons (Fsp3) is 0.0556. The predicted molar refractivity (Wildman–Crippen MR) is 92.0 cm³/mol. The predicted octanol–water partition coefficient (Wildman–Crippen LogP) is 2.72. The SMILES string of the molecule is O=C1Nc2ccccc2C1c1ccnc(Nc2ccc(O)cc2O)n1. The molecular weight excluding hydrogens is 320 g/mol. The van der Waals surface area contributed by atoms with E-state index in [2.05, 4.69) is 20.6 Å². The first-order valence-corrected chi connectivity index (χ1v) is 7.63. The molecule has 4 N–H and O–H groups in total. The summed E-state index contributed by atoms with van der Waals surface area (Å²) >= 11 is 0. The van der Waals surface area contributed by atoms with Crippen molar-refractivity contribution in [2.24, 2.45) is 0 Å². The number of carbonyl (C=O) groups excluding carboxylic acids is 1. The number of benzene rings is 2. The van der Waals surface area contributed by atoms with Crippen LogP contribution in [0.1, 0.15) is 17.2 Å². The molecule has 7 nitrogen and oxygen atoms in total. The largest absolute Gasteiger partial charge is 0.508 e. The van der Waals surface area contributed by atoms with Gasteiger partial charge in [-0.2, -0.15) is 0 Å². The van der Waals surface area contributed by atoms with Gasteiger partial charge in [0, 0.05) is 18.0 Å². The first kappa shape index (κ1) is 14.9. The lowest BCUT2D eigenvalue weighted by Gasteiger charge is -2.11. The fourth-order valence-electron chi connectivity index (χ4n) is 2.84. The number of hydrogen-bond donors (Lipinski definition) is 4. The topological polar surface area (TPSA) is 107 Å². The van der Waals surface area contributed by atoms with E-state index in [1.54, 1.807) is 12.3 Å². The Balaban J connectivity index is 1.67. The minimum absolute atomic E-state index is 0.0445. The van der Waals surface area contributed by atoms with Gasteiger partial charge in [-0.1, -0.05) is 18.2 Å². The summed E-state index contributed by atoms with van der Waals surface area (Å²) in [7, 11) is 0. The average molecular weight is 334 g/mol. The van der Waals surface area contributed by atoms with Crippen molar-refractivity contribution in [2.75, 3.05) is 10.6 Å². The Kier molecular flexibility index (Phi) is 3.46. The molecule has 0 aliphatic carbocycles. The second-order valence-corrected chi connectivity index (χ2v) is 5.64. The summed E-state index contributed by atoms with van der Waals surface area (Å²) in [5.74, 6) is -0.572. The maximum atomic E-state index is 12.3. The third-order valence-corrected chi connectivity index (χ3v) is 3.99. The molecule has 1 aliphatic heterocycles. The first-order chi connectivity index (χ1) is 12.1. The highest BCUT2D eigenvalue weighted by Gasteiger charge is 2.32. The molecule has 0 saturated carbocycles. The minimum Gasteiger partial charge on any atom is -0.508 e. The van der Waals surface area contributed by atoms with E-state index >= 15 is 0 Å². The molecule has 1 aromatic heterocycles. The van der Waals surface area contributed by atoms with Crippen LogP contribution in [0, 0.1) is 0 Å². The van der Waals surface area contributed by atoms with Gasteiger partial charge < -0.3 is 20.8 Å². The van der Waals surface area contributed by atoms with Crippen molar-refractivity contribution in [1.82, 2.24) is 9.97 Å². The number of fused-ring (bicyclic) bond motifs is 1. The van der Waals surface area contributed by atoms with E-state index in [9.17, 15) is 15.0 Å². The molecule has 0 fully saturated rings. The highest BCUT2D eigenvalue weighted by Crippen LogP contribution is 2.36. The van der Waals surface area contributed by atoms with Gasteiger partial charge in [0.1, 0.15) is 17.4 Å². The lowest BCUT2D eigenvalue weighted by atomic mass is 9.97. The van der Waals surface area contributed by atoms with Gasteiger partial charge in [0.05, 0.1) is 11.4 Å². The van der Waals surface area contributed by atoms with Gasteiger partial charge in [0.15, 0.2) is 0 Å². The minimum atomic E-state index is -0.506. The standard InChI is InChI=1S/C18H14N4O3/c23-10-5-6-13(15(24)9-10)21-18-19-8-7-14(22-18)16-11-3-1-2-4-12(11)20-17(16)25/h1-9,16,23-24H,(H,20,25)(H,19,21,22). The molecule has 7 heteroatoms. The van der Waals surface area contributed by atoms with Crippen molar-refractivity contribution in [3.63, 3.8) is 0 Å². The van der Waals surface area contributed by atoms with Crippen molar-refractivity contribution in [2.45, 2.75) is 5.92 Å². The Bertz CT molecular complexity index is 974. The zero-order chi connectivity index (χ0) is 17.4. The van der Waals surface area contributed by atoms with Gasteiger partial charge in [-0.25, -0.2) is 9.97 Å². The van der Waals surface area contributed by atoms with Crippen LogP contribution in [0.2, 0.25) is 0 Å². The Morgan fingerprint density at radius 3 is 2.76 bits per heavy atom. The molecule has 0 bridgehead atoms. The Hall–Kier alpha value is -3.61. The Labute approximate surface area is 143 Å². The summed E-state index contributed by atoms with van der Waals surface area (Å²) < 4.78 is 0. The molecule has 0 saturated heterocycles. The van der Waals surface area contributed by atoms with Crippen molar-refractivity contribution in [3.8, 4) is 11.5 Å². The van der Waals surface area contributed by atoms with E-state index < -0.39 is 5.92 Å². The number of aromatic nitrogens is 2. The third kappa shape index (κ3) is 2.72. The summed E-state index contributed by atoms with van der Waals surface area (Å²) in [6, 6.07) is 13.3. The van der Waals surface area contributed by atoms with Crippen LogP contribution >= 0.6 is 0 Å². The van der Waals surface area contributed by atoms with Crippen molar-refractivity contribution in [3.05, 3.63) is 66.0 Å². The van der Waals surface area contributed by atoms with Gasteiger partial charge in [0.25, 0.3) is 0 Å². The highest BCUT2D eigenvalue weighted by atomic mass is 16.3. The van der Waals surface area contributed by atoms with Gasteiger partial charge in [-0.05, 0) is 29.8 Å². The molecule has 0 radical (unpaired) electrons. The second kappa shape index (κ2) is 5.79. The number of para-hydroxylation sites is 1. The molecule has 0 spiro atoms. The number of phenols is 2. The van der Waals surface area contributed by atoms with E-state index in [4.69, 9.17) is 0 Å². The summed E-state index contributed by atoms with van der Waals surface area (Å²) in [5.41, 5.74) is 2.55. The number of amides is 1. The molecule has 2 heterocycles. The average Bonchev–Trinajstić information content (AvgIpc) is 2.93. The van der Waals surface area contributed by atoms with Crippen LogP contribution in [0.25, 0.3) is 0 Å². The van der Waals surface area contributed by atoms with Crippen LogP contribution < -0.4 is 10.6 Å². The fourth-order valence-corrected chi connectivity index (χ4v) is 2.84. The molecule has 3 aromatic rings. The van der Waals surface area contributed by atoms with E-state index in [-0.39, 0.29) is 23.4 Å². The van der Waals surface area contributed by atoms with Gasteiger partial charge in [0.2, 0.25) is 11.9 Å². The highest BCUT2D eigenvalue weighted by molar-refractivity contribution is 6.04. The quantitative estimate of drug-likeness (QED) is 0.433. The molecule has 25 heavy (non-hydrogen) atoms. The molecule has 1 aliphatic rings. The van der Waals surface area contributed by atoms with E-state index in [0.29, 0.717) is 11.4 Å². The Morgan fingerprint density at radius 1 is 1.08 bits per heavy atom. The van der Waals surface area contributed by atoms with Crippen LogP contribution in [0.5, 0.6) is 11.5 Å². The van der Waals surface area contributed by atoms with E-state index in [0.717, 1.165) is 11.3 Å². The third-order valence-electron chi connectivity index (χ3n) is 3.99. The maximum absolute atomic E-state index is 12.3. The maximum Gasteiger partial charge on any atom is 0.238 e. The van der Waals surface area contributed by atoms with Crippen molar-refractivity contribution in [1.29, 1.82) is 0 Å². The normalized spacial score (nSPS) is 15.5. The van der Waals surface area contributed by atoms with Crippen LogP contribution in [0.3, 0.4) is 0 Å². The number of rotatable bonds is 3. The number of anilines is 3. The number of carbonyl (C=O) groups is 1. The molecule has 124 valence electrons. The van der Waals surface area contributed by atoms with Gasteiger partial charge in [-0.15, -0.1) is 0 Å². The van der Waals surface area contributed by atoms with Gasteiger partial charge >= 0.3 is 0 Å². The summed E-state index contributed by atoms with van der Waals surface area (Å²) in [4.78, 5) is 20.9. The monoisotopic (exact) mass is 334 g/mol. The zero-order valence-electron chi connectivity index (χ0n) is 13.0. The molecule has 1 unspecified atom stereocenters. The van der Waals surface area contributed by atoms with Crippen LogP contribution in [-0.4, -0.2) is 26.1 Å². The van der Waals surface area contributed by atoms with Gasteiger partial charge in [-0.3, -0.25) is 4.79 Å². The lowest BCUT2D eigenvalue weighted by Crippen LogP contribution is -2.15. The molecule has 1 atom stereocenters.